The van der Waals surface area contributed by atoms with Gasteiger partial charge in [0.05, 0.1) is 5.75 Å². The molecule has 0 spiro atoms. The third-order valence-electron chi connectivity index (χ3n) is 8.41. The highest BCUT2D eigenvalue weighted by Crippen LogP contribution is 2.29. The second-order valence-corrected chi connectivity index (χ2v) is 13.6. The summed E-state index contributed by atoms with van der Waals surface area (Å²) in [6.45, 7) is 0. The Kier molecular flexibility index (Phi) is 10.1. The summed E-state index contributed by atoms with van der Waals surface area (Å²) in [5.74, 6) is -0.875. The standard InChI is InChI=1S/C40H34FNO6S/c41-35-19-15-30(16-20-35)29-11-7-27(8-12-29)24-34(25-28-9-13-31(14-10-28)37(43)5-3-23-49(45,46)47)40(44)42-36-21-17-32(18-22-36)39-26-33-4-1-2-6-38(33)48-39/h1-2,4,6-22,26,34H,3,5,23-25H2,(H,42,44)(H,45,46,47). The average Bonchev–Trinajstić information content (AvgIpc) is 3.53. The number of carbonyl (C=O) groups excluding carboxylic acids is 2. The number of ketones is 1. The Hall–Kier alpha value is -5.38. The summed E-state index contributed by atoms with van der Waals surface area (Å²) < 4.78 is 50.3. The molecule has 0 aliphatic carbocycles. The summed E-state index contributed by atoms with van der Waals surface area (Å²) in [6, 6.07) is 38.4. The largest absolute Gasteiger partial charge is 0.456 e. The van der Waals surface area contributed by atoms with E-state index in [9.17, 15) is 22.4 Å². The summed E-state index contributed by atoms with van der Waals surface area (Å²) in [5, 5.41) is 4.08. The van der Waals surface area contributed by atoms with Gasteiger partial charge in [0.2, 0.25) is 5.91 Å². The fraction of sp³-hybridized carbons (Fsp3) is 0.150. The van der Waals surface area contributed by atoms with Crippen LogP contribution in [0, 0.1) is 11.7 Å². The van der Waals surface area contributed by atoms with Gasteiger partial charge in [-0.05, 0) is 90.0 Å². The molecule has 1 unspecified atom stereocenters. The van der Waals surface area contributed by atoms with E-state index in [0.29, 0.717) is 24.1 Å². The molecule has 7 nitrogen and oxygen atoms in total. The highest BCUT2D eigenvalue weighted by atomic mass is 32.2. The lowest BCUT2D eigenvalue weighted by Crippen LogP contribution is -2.26. The zero-order valence-corrected chi connectivity index (χ0v) is 27.3. The third-order valence-corrected chi connectivity index (χ3v) is 9.22. The summed E-state index contributed by atoms with van der Waals surface area (Å²) in [6.07, 6.45) is 0.872. The Morgan fingerprint density at radius 1 is 0.735 bits per heavy atom. The van der Waals surface area contributed by atoms with Crippen molar-refractivity contribution in [2.45, 2.75) is 25.7 Å². The lowest BCUT2D eigenvalue weighted by molar-refractivity contribution is -0.119. The van der Waals surface area contributed by atoms with Crippen LogP contribution in [-0.2, 0) is 27.8 Å². The lowest BCUT2D eigenvalue weighted by Gasteiger charge is -2.18. The molecule has 0 saturated heterocycles. The van der Waals surface area contributed by atoms with E-state index in [1.165, 1.54) is 12.1 Å². The number of hydrogen-bond donors (Lipinski definition) is 2. The van der Waals surface area contributed by atoms with Crippen LogP contribution in [0.15, 0.2) is 132 Å². The normalized spacial score (nSPS) is 12.1. The number of anilines is 1. The van der Waals surface area contributed by atoms with Crippen LogP contribution in [0.1, 0.15) is 34.3 Å². The van der Waals surface area contributed by atoms with E-state index in [0.717, 1.165) is 44.5 Å². The molecule has 0 bridgehead atoms. The number of furan rings is 1. The Bertz CT molecular complexity index is 2140. The van der Waals surface area contributed by atoms with Crippen LogP contribution >= 0.6 is 0 Å². The molecule has 49 heavy (non-hydrogen) atoms. The van der Waals surface area contributed by atoms with Gasteiger partial charge in [0, 0.05) is 34.5 Å². The SMILES string of the molecule is O=C(CCCS(=O)(=O)O)c1ccc(CC(Cc2ccc(-c3ccc(F)cc3)cc2)C(=O)Nc2ccc(-c3cc4ccccc4o3)cc2)cc1. The summed E-state index contributed by atoms with van der Waals surface area (Å²) in [5.41, 5.74) is 6.41. The van der Waals surface area contributed by atoms with Crippen LogP contribution in [0.2, 0.25) is 0 Å². The molecule has 1 aromatic heterocycles. The van der Waals surface area contributed by atoms with Crippen molar-refractivity contribution in [1.82, 2.24) is 0 Å². The number of fused-ring (bicyclic) bond motifs is 1. The second-order valence-electron chi connectivity index (χ2n) is 12.0. The molecule has 1 atom stereocenters. The van der Waals surface area contributed by atoms with Gasteiger partial charge < -0.3 is 9.73 Å². The molecule has 0 radical (unpaired) electrons. The van der Waals surface area contributed by atoms with Gasteiger partial charge in [-0.1, -0.05) is 78.9 Å². The number of Topliss-reactive ketones (excluding diaryl/α,β-unsaturated/α-hetero) is 1. The first-order valence-electron chi connectivity index (χ1n) is 15.9. The van der Waals surface area contributed by atoms with Gasteiger partial charge in [0.25, 0.3) is 10.1 Å². The molecule has 0 aliphatic heterocycles. The maximum Gasteiger partial charge on any atom is 0.264 e. The molecule has 0 fully saturated rings. The minimum Gasteiger partial charge on any atom is -0.456 e. The van der Waals surface area contributed by atoms with Crippen LogP contribution in [-0.4, -0.2) is 30.4 Å². The fourth-order valence-electron chi connectivity index (χ4n) is 5.77. The minimum atomic E-state index is -4.13. The van der Waals surface area contributed by atoms with Crippen LogP contribution in [0.4, 0.5) is 10.1 Å². The summed E-state index contributed by atoms with van der Waals surface area (Å²) in [7, 11) is -4.13. The van der Waals surface area contributed by atoms with Crippen LogP contribution < -0.4 is 5.32 Å². The Morgan fingerprint density at radius 3 is 1.92 bits per heavy atom. The molecule has 1 heterocycles. The number of hydrogen-bond acceptors (Lipinski definition) is 5. The molecule has 5 aromatic carbocycles. The molecular weight excluding hydrogens is 642 g/mol. The topological polar surface area (TPSA) is 114 Å². The lowest BCUT2D eigenvalue weighted by atomic mass is 9.90. The number of amides is 1. The molecule has 1 amide bonds. The average molecular weight is 676 g/mol. The minimum absolute atomic E-state index is 0.00673. The molecule has 0 aliphatic rings. The van der Waals surface area contributed by atoms with Crippen LogP contribution in [0.25, 0.3) is 33.4 Å². The first-order chi connectivity index (χ1) is 23.6. The van der Waals surface area contributed by atoms with E-state index < -0.39 is 21.8 Å². The molecule has 248 valence electrons. The smallest absolute Gasteiger partial charge is 0.264 e. The molecular formula is C40H34FNO6S. The van der Waals surface area contributed by atoms with Gasteiger partial charge in [-0.2, -0.15) is 8.42 Å². The molecule has 2 N–H and O–H groups in total. The van der Waals surface area contributed by atoms with E-state index >= 15 is 0 Å². The maximum absolute atomic E-state index is 13.8. The van der Waals surface area contributed by atoms with E-state index in [1.54, 1.807) is 36.4 Å². The Balaban J connectivity index is 1.17. The van der Waals surface area contributed by atoms with Crippen molar-refractivity contribution in [1.29, 1.82) is 0 Å². The molecule has 0 saturated carbocycles. The van der Waals surface area contributed by atoms with E-state index in [2.05, 4.69) is 5.32 Å². The number of nitrogens with one attached hydrogen (secondary N) is 1. The predicted octanol–water partition coefficient (Wildman–Crippen LogP) is 8.80. The van der Waals surface area contributed by atoms with Crippen molar-refractivity contribution < 1.29 is 31.4 Å². The van der Waals surface area contributed by atoms with E-state index in [-0.39, 0.29) is 30.3 Å². The van der Waals surface area contributed by atoms with E-state index in [1.807, 2.05) is 78.9 Å². The maximum atomic E-state index is 13.8. The van der Waals surface area contributed by atoms with Crippen molar-refractivity contribution in [2.75, 3.05) is 11.1 Å². The van der Waals surface area contributed by atoms with Gasteiger partial charge in [-0.25, -0.2) is 4.39 Å². The quantitative estimate of drug-likeness (QED) is 0.0935. The zero-order chi connectivity index (χ0) is 34.4. The number of rotatable bonds is 13. The highest BCUT2D eigenvalue weighted by molar-refractivity contribution is 7.85. The molecule has 6 rings (SSSR count). The van der Waals surface area contributed by atoms with Crippen LogP contribution in [0.5, 0.6) is 0 Å². The highest BCUT2D eigenvalue weighted by Gasteiger charge is 2.21. The zero-order valence-electron chi connectivity index (χ0n) is 26.5. The first-order valence-corrected chi connectivity index (χ1v) is 17.5. The Labute approximate surface area is 284 Å². The number of para-hydroxylation sites is 1. The molecule has 9 heteroatoms. The van der Waals surface area contributed by atoms with Crippen molar-refractivity contribution >= 4 is 38.5 Å². The first kappa shape index (κ1) is 33.5. The van der Waals surface area contributed by atoms with Gasteiger partial charge >= 0.3 is 0 Å². The van der Waals surface area contributed by atoms with Crippen molar-refractivity contribution in [3.8, 4) is 22.5 Å². The van der Waals surface area contributed by atoms with Gasteiger partial charge in [0.1, 0.15) is 17.2 Å². The fourth-order valence-corrected chi connectivity index (χ4v) is 6.28. The van der Waals surface area contributed by atoms with Gasteiger partial charge in [-0.15, -0.1) is 0 Å². The summed E-state index contributed by atoms with van der Waals surface area (Å²) in [4.78, 5) is 26.4. The van der Waals surface area contributed by atoms with Crippen LogP contribution in [0.3, 0.4) is 0 Å². The number of halogens is 1. The van der Waals surface area contributed by atoms with Crippen molar-refractivity contribution in [3.05, 3.63) is 150 Å². The Morgan fingerprint density at radius 2 is 1.31 bits per heavy atom. The van der Waals surface area contributed by atoms with Gasteiger partial charge in [0.15, 0.2) is 5.78 Å². The molecule has 6 aromatic rings. The number of carbonyl (C=O) groups is 2. The van der Waals surface area contributed by atoms with Crippen molar-refractivity contribution in [3.63, 3.8) is 0 Å². The number of benzene rings is 5. The predicted molar refractivity (Wildman–Crippen MR) is 189 cm³/mol. The van der Waals surface area contributed by atoms with Gasteiger partial charge in [-0.3, -0.25) is 14.1 Å². The van der Waals surface area contributed by atoms with Crippen molar-refractivity contribution in [2.24, 2.45) is 5.92 Å². The second kappa shape index (κ2) is 14.8. The van der Waals surface area contributed by atoms with E-state index in [4.69, 9.17) is 8.97 Å². The summed E-state index contributed by atoms with van der Waals surface area (Å²) >= 11 is 0. The third kappa shape index (κ3) is 8.95. The monoisotopic (exact) mass is 675 g/mol.